The Labute approximate surface area is 135 Å². The Morgan fingerprint density at radius 1 is 1.10 bits per heavy atom. The summed E-state index contributed by atoms with van der Waals surface area (Å²) in [7, 11) is 2.11. The minimum absolute atomic E-state index is 0.469. The summed E-state index contributed by atoms with van der Waals surface area (Å²) in [6.07, 6.45) is 6.60. The number of halogens is 1. The molecule has 1 aromatic carbocycles. The van der Waals surface area contributed by atoms with E-state index in [1.54, 1.807) is 0 Å². The fourth-order valence-corrected chi connectivity index (χ4v) is 3.89. The fourth-order valence-electron chi connectivity index (χ4n) is 3.77. The van der Waals surface area contributed by atoms with Gasteiger partial charge in [0.25, 0.3) is 0 Å². The number of likely N-dealkylation sites (N-methyl/N-ethyl adjacent to an activating group) is 1. The highest BCUT2D eigenvalue weighted by molar-refractivity contribution is 6.30. The first-order chi connectivity index (χ1) is 9.90. The predicted octanol–water partition coefficient (Wildman–Crippen LogP) is 5.32. The molecule has 1 saturated carbocycles. The minimum Gasteiger partial charge on any atom is -0.316 e. The Morgan fingerprint density at radius 2 is 1.67 bits per heavy atom. The van der Waals surface area contributed by atoms with Crippen molar-refractivity contribution in [3.8, 4) is 0 Å². The van der Waals surface area contributed by atoms with Crippen LogP contribution < -0.4 is 5.32 Å². The van der Waals surface area contributed by atoms with Gasteiger partial charge >= 0.3 is 0 Å². The first-order valence-electron chi connectivity index (χ1n) is 8.32. The normalized spacial score (nSPS) is 24.8. The minimum atomic E-state index is 0.469. The molecule has 2 rings (SSSR count). The third-order valence-electron chi connectivity index (χ3n) is 5.31. The SMILES string of the molecule is CNC(Cc1ccc(Cl)cc1)C1CCC(C(C)(C)C)CC1. The van der Waals surface area contributed by atoms with Gasteiger partial charge in [-0.05, 0) is 74.1 Å². The Kier molecular flexibility index (Phi) is 5.73. The van der Waals surface area contributed by atoms with Crippen LogP contribution in [0.3, 0.4) is 0 Å². The van der Waals surface area contributed by atoms with Crippen molar-refractivity contribution in [1.82, 2.24) is 5.32 Å². The van der Waals surface area contributed by atoms with E-state index in [1.165, 1.54) is 31.2 Å². The van der Waals surface area contributed by atoms with E-state index in [4.69, 9.17) is 11.6 Å². The standard InChI is InChI=1S/C19H30ClN/c1-19(2,3)16-9-7-15(8-10-16)18(21-4)13-14-5-11-17(20)12-6-14/h5-6,11-12,15-16,18,21H,7-10,13H2,1-4H3. The summed E-state index contributed by atoms with van der Waals surface area (Å²) in [6, 6.07) is 8.91. The van der Waals surface area contributed by atoms with Gasteiger partial charge in [-0.1, -0.05) is 44.5 Å². The van der Waals surface area contributed by atoms with Gasteiger partial charge in [0.15, 0.2) is 0 Å². The number of nitrogens with one attached hydrogen (secondary N) is 1. The number of hydrogen-bond donors (Lipinski definition) is 1. The zero-order valence-corrected chi connectivity index (χ0v) is 14.7. The van der Waals surface area contributed by atoms with Crippen LogP contribution in [-0.4, -0.2) is 13.1 Å². The molecule has 0 spiro atoms. The first kappa shape index (κ1) is 16.8. The molecule has 2 heteroatoms. The van der Waals surface area contributed by atoms with E-state index in [-0.39, 0.29) is 0 Å². The molecule has 1 atom stereocenters. The van der Waals surface area contributed by atoms with Crippen molar-refractivity contribution in [3.63, 3.8) is 0 Å². The van der Waals surface area contributed by atoms with Crippen LogP contribution in [0.15, 0.2) is 24.3 Å². The lowest BCUT2D eigenvalue weighted by Gasteiger charge is -2.39. The van der Waals surface area contributed by atoms with Crippen LogP contribution >= 0.6 is 11.6 Å². The summed E-state index contributed by atoms with van der Waals surface area (Å²) in [4.78, 5) is 0. The largest absolute Gasteiger partial charge is 0.316 e. The van der Waals surface area contributed by atoms with Gasteiger partial charge in [0.1, 0.15) is 0 Å². The van der Waals surface area contributed by atoms with Gasteiger partial charge in [0.05, 0.1) is 0 Å². The van der Waals surface area contributed by atoms with Crippen LogP contribution in [0.1, 0.15) is 52.0 Å². The Morgan fingerprint density at radius 3 is 2.14 bits per heavy atom. The monoisotopic (exact) mass is 307 g/mol. The molecule has 0 heterocycles. The molecule has 0 saturated heterocycles. The van der Waals surface area contributed by atoms with E-state index in [0.29, 0.717) is 11.5 Å². The van der Waals surface area contributed by atoms with Gasteiger partial charge in [-0.2, -0.15) is 0 Å². The van der Waals surface area contributed by atoms with Crippen LogP contribution in [0.4, 0.5) is 0 Å². The molecule has 1 N–H and O–H groups in total. The molecule has 0 bridgehead atoms. The highest BCUT2D eigenvalue weighted by Gasteiger charge is 2.32. The van der Waals surface area contributed by atoms with Crippen molar-refractivity contribution >= 4 is 11.6 Å². The molecule has 1 aliphatic carbocycles. The molecule has 118 valence electrons. The van der Waals surface area contributed by atoms with E-state index in [9.17, 15) is 0 Å². The lowest BCUT2D eigenvalue weighted by Crippen LogP contribution is -2.39. The molecular weight excluding hydrogens is 278 g/mol. The first-order valence-corrected chi connectivity index (χ1v) is 8.69. The lowest BCUT2D eigenvalue weighted by molar-refractivity contribution is 0.134. The van der Waals surface area contributed by atoms with E-state index in [0.717, 1.165) is 23.3 Å². The summed E-state index contributed by atoms with van der Waals surface area (Å²) < 4.78 is 0. The van der Waals surface area contributed by atoms with Crippen LogP contribution in [0.2, 0.25) is 5.02 Å². The maximum Gasteiger partial charge on any atom is 0.0406 e. The molecule has 1 aliphatic rings. The van der Waals surface area contributed by atoms with Gasteiger partial charge in [-0.25, -0.2) is 0 Å². The van der Waals surface area contributed by atoms with Crippen molar-refractivity contribution < 1.29 is 0 Å². The van der Waals surface area contributed by atoms with Crippen molar-refractivity contribution in [2.75, 3.05) is 7.05 Å². The number of benzene rings is 1. The van der Waals surface area contributed by atoms with E-state index in [1.807, 2.05) is 12.1 Å². The van der Waals surface area contributed by atoms with Crippen LogP contribution in [0.5, 0.6) is 0 Å². The molecule has 0 radical (unpaired) electrons. The molecule has 0 aromatic heterocycles. The highest BCUT2D eigenvalue weighted by atomic mass is 35.5. The molecular formula is C19H30ClN. The van der Waals surface area contributed by atoms with Gasteiger partial charge < -0.3 is 5.32 Å². The average Bonchev–Trinajstić information content (AvgIpc) is 2.46. The van der Waals surface area contributed by atoms with Crippen LogP contribution in [0.25, 0.3) is 0 Å². The Balaban J connectivity index is 1.92. The second kappa shape index (κ2) is 7.15. The summed E-state index contributed by atoms with van der Waals surface area (Å²) in [5.41, 5.74) is 1.85. The Bertz CT molecular complexity index is 424. The quantitative estimate of drug-likeness (QED) is 0.793. The van der Waals surface area contributed by atoms with E-state index in [2.05, 4.69) is 45.3 Å². The highest BCUT2D eigenvalue weighted by Crippen LogP contribution is 2.41. The summed E-state index contributed by atoms with van der Waals surface area (Å²) in [5, 5.41) is 4.38. The summed E-state index contributed by atoms with van der Waals surface area (Å²) >= 11 is 5.97. The molecule has 0 amide bonds. The summed E-state index contributed by atoms with van der Waals surface area (Å²) in [5.74, 6) is 1.70. The second-order valence-electron chi connectivity index (χ2n) is 7.70. The molecule has 0 aliphatic heterocycles. The van der Waals surface area contributed by atoms with Crippen LogP contribution in [-0.2, 0) is 6.42 Å². The third-order valence-corrected chi connectivity index (χ3v) is 5.56. The second-order valence-corrected chi connectivity index (χ2v) is 8.14. The van der Waals surface area contributed by atoms with Crippen LogP contribution in [0, 0.1) is 17.3 Å². The molecule has 1 fully saturated rings. The van der Waals surface area contributed by atoms with Crippen molar-refractivity contribution in [1.29, 1.82) is 0 Å². The topological polar surface area (TPSA) is 12.0 Å². The smallest absolute Gasteiger partial charge is 0.0406 e. The summed E-state index contributed by atoms with van der Waals surface area (Å²) in [6.45, 7) is 7.17. The number of rotatable bonds is 4. The zero-order valence-electron chi connectivity index (χ0n) is 14.0. The average molecular weight is 308 g/mol. The van der Waals surface area contributed by atoms with Gasteiger partial charge in [-0.3, -0.25) is 0 Å². The van der Waals surface area contributed by atoms with Crippen molar-refractivity contribution in [3.05, 3.63) is 34.9 Å². The maximum absolute atomic E-state index is 5.97. The van der Waals surface area contributed by atoms with Crippen molar-refractivity contribution in [2.45, 2.75) is 58.9 Å². The van der Waals surface area contributed by atoms with Gasteiger partial charge in [0.2, 0.25) is 0 Å². The van der Waals surface area contributed by atoms with Gasteiger partial charge in [-0.15, -0.1) is 0 Å². The van der Waals surface area contributed by atoms with Gasteiger partial charge in [0, 0.05) is 11.1 Å². The fraction of sp³-hybridized carbons (Fsp3) is 0.684. The van der Waals surface area contributed by atoms with E-state index < -0.39 is 0 Å². The molecule has 1 aromatic rings. The zero-order chi connectivity index (χ0) is 15.5. The lowest BCUT2D eigenvalue weighted by atomic mass is 9.68. The number of hydrogen-bond acceptors (Lipinski definition) is 1. The maximum atomic E-state index is 5.97. The van der Waals surface area contributed by atoms with Crippen molar-refractivity contribution in [2.24, 2.45) is 17.3 Å². The molecule has 1 nitrogen and oxygen atoms in total. The van der Waals surface area contributed by atoms with E-state index >= 15 is 0 Å². The third kappa shape index (κ3) is 4.72. The molecule has 21 heavy (non-hydrogen) atoms. The molecule has 1 unspecified atom stereocenters. The predicted molar refractivity (Wildman–Crippen MR) is 92.9 cm³/mol. The Hall–Kier alpha value is -0.530.